The average Bonchev–Trinajstić information content (AvgIpc) is 3.85. The summed E-state index contributed by atoms with van der Waals surface area (Å²) in [7, 11) is 1.95. The number of oxazole rings is 1. The van der Waals surface area contributed by atoms with E-state index in [9.17, 15) is 0 Å². The predicted molar refractivity (Wildman–Crippen MR) is 228 cm³/mol. The van der Waals surface area contributed by atoms with Gasteiger partial charge in [0.15, 0.2) is 0 Å². The van der Waals surface area contributed by atoms with Gasteiger partial charge in [0, 0.05) is 28.6 Å². The van der Waals surface area contributed by atoms with E-state index in [1.54, 1.807) is 6.26 Å². The summed E-state index contributed by atoms with van der Waals surface area (Å²) in [6.07, 6.45) is 3.63. The zero-order valence-electron chi connectivity index (χ0n) is 31.9. The van der Waals surface area contributed by atoms with Gasteiger partial charge >= 0.3 is 0 Å². The molecule has 0 spiro atoms. The number of para-hydroxylation sites is 1. The van der Waals surface area contributed by atoms with E-state index >= 15 is 0 Å². The van der Waals surface area contributed by atoms with Crippen LogP contribution in [0.2, 0.25) is 0 Å². The number of fused-ring (bicyclic) bond motifs is 3. The van der Waals surface area contributed by atoms with Gasteiger partial charge in [0.1, 0.15) is 35.3 Å². The Morgan fingerprint density at radius 1 is 0.625 bits per heavy atom. The molecule has 0 amide bonds. The van der Waals surface area contributed by atoms with Gasteiger partial charge in [-0.25, -0.2) is 9.97 Å². The Morgan fingerprint density at radius 3 is 1.98 bits per heavy atom. The predicted octanol–water partition coefficient (Wildman–Crippen LogP) is 12.6. The molecule has 6 aromatic carbocycles. The molecular weight excluding hydrogens is 689 g/mol. The van der Waals surface area contributed by atoms with E-state index in [2.05, 4.69) is 146 Å². The number of pyridine rings is 1. The number of benzene rings is 6. The monoisotopic (exact) mass is 730 g/mol. The molecule has 3 aromatic heterocycles. The lowest BCUT2D eigenvalue weighted by Gasteiger charge is -2.22. The van der Waals surface area contributed by atoms with Crippen molar-refractivity contribution in [2.45, 2.75) is 32.2 Å². The highest BCUT2D eigenvalue weighted by atomic mass is 16.5. The first-order chi connectivity index (χ1) is 27.4. The Labute approximate surface area is 327 Å². The van der Waals surface area contributed by atoms with Crippen molar-refractivity contribution >= 4 is 21.8 Å². The van der Waals surface area contributed by atoms with Crippen LogP contribution in [0.15, 0.2) is 175 Å². The highest BCUT2D eigenvalue weighted by Crippen LogP contribution is 2.40. The molecule has 1 unspecified atom stereocenters. The molecule has 9 rings (SSSR count). The van der Waals surface area contributed by atoms with Gasteiger partial charge in [-0.1, -0.05) is 130 Å². The summed E-state index contributed by atoms with van der Waals surface area (Å²) >= 11 is 0. The van der Waals surface area contributed by atoms with Crippen LogP contribution >= 0.6 is 0 Å². The van der Waals surface area contributed by atoms with Crippen LogP contribution in [-0.2, 0) is 5.41 Å². The number of rotatable bonds is 9. The number of nitrogens with zero attached hydrogens (tertiary/aromatic N) is 3. The summed E-state index contributed by atoms with van der Waals surface area (Å²) in [5.74, 6) is 2.89. The first-order valence-electron chi connectivity index (χ1n) is 19.0. The van der Waals surface area contributed by atoms with Gasteiger partial charge in [-0.15, -0.1) is 0 Å². The van der Waals surface area contributed by atoms with Gasteiger partial charge in [-0.2, -0.15) is 0 Å². The molecule has 0 aliphatic rings. The van der Waals surface area contributed by atoms with Crippen LogP contribution in [0.3, 0.4) is 0 Å². The minimum atomic E-state index is -0.313. The quantitative estimate of drug-likeness (QED) is 0.160. The molecule has 3 heterocycles. The summed E-state index contributed by atoms with van der Waals surface area (Å²) in [6.45, 7) is 6.68. The van der Waals surface area contributed by atoms with Crippen LogP contribution in [0.5, 0.6) is 11.5 Å². The number of hydrogen-bond donors (Lipinski definition) is 1. The second kappa shape index (κ2) is 14.5. The van der Waals surface area contributed by atoms with Crippen molar-refractivity contribution < 1.29 is 9.15 Å². The largest absolute Gasteiger partial charge is 0.457 e. The molecule has 9 aromatic rings. The molecule has 0 aliphatic carbocycles. The minimum absolute atomic E-state index is 0.00788. The topological polar surface area (TPSA) is 65.1 Å². The molecule has 0 saturated carbocycles. The maximum atomic E-state index is 6.58. The van der Waals surface area contributed by atoms with Crippen molar-refractivity contribution in [3.05, 3.63) is 187 Å². The Balaban J connectivity index is 1.06. The molecule has 6 nitrogen and oxygen atoms in total. The zero-order chi connectivity index (χ0) is 38.2. The Kier molecular flexibility index (Phi) is 9.04. The van der Waals surface area contributed by atoms with Crippen molar-refractivity contribution in [1.82, 2.24) is 19.9 Å². The summed E-state index contributed by atoms with van der Waals surface area (Å²) in [5, 5.41) is 5.84. The van der Waals surface area contributed by atoms with Crippen LogP contribution in [0.25, 0.3) is 61.1 Å². The number of nitrogens with one attached hydrogen (secondary N) is 1. The van der Waals surface area contributed by atoms with Crippen molar-refractivity contribution in [1.29, 1.82) is 0 Å². The normalized spacial score (nSPS) is 12.3. The summed E-state index contributed by atoms with van der Waals surface area (Å²) in [6, 6.07) is 54.1. The number of aromatic nitrogens is 3. The molecule has 0 saturated heterocycles. The zero-order valence-corrected chi connectivity index (χ0v) is 31.9. The molecule has 0 fully saturated rings. The van der Waals surface area contributed by atoms with Crippen molar-refractivity contribution in [3.8, 4) is 50.8 Å². The third-order valence-corrected chi connectivity index (χ3v) is 10.5. The Hall–Kier alpha value is -6.76. The van der Waals surface area contributed by atoms with E-state index < -0.39 is 0 Å². The van der Waals surface area contributed by atoms with Crippen LogP contribution in [-0.4, -0.2) is 21.6 Å². The van der Waals surface area contributed by atoms with E-state index in [1.165, 1.54) is 10.9 Å². The van der Waals surface area contributed by atoms with E-state index in [0.29, 0.717) is 11.6 Å². The number of hydrogen-bond acceptors (Lipinski definition) is 5. The maximum Gasteiger partial charge on any atom is 0.216 e. The van der Waals surface area contributed by atoms with Crippen LogP contribution in [0.1, 0.15) is 43.8 Å². The fraction of sp³-hybridized carbons (Fsp3) is 0.120. The fourth-order valence-corrected chi connectivity index (χ4v) is 7.68. The van der Waals surface area contributed by atoms with Gasteiger partial charge < -0.3 is 14.5 Å². The molecule has 6 heteroatoms. The second-order valence-electron chi connectivity index (χ2n) is 15.1. The van der Waals surface area contributed by atoms with Crippen molar-refractivity contribution in [2.24, 2.45) is 0 Å². The van der Waals surface area contributed by atoms with Crippen LogP contribution in [0.4, 0.5) is 0 Å². The lowest BCUT2D eigenvalue weighted by molar-refractivity contribution is 0.448. The fourth-order valence-electron chi connectivity index (χ4n) is 7.68. The van der Waals surface area contributed by atoms with Gasteiger partial charge in [-0.05, 0) is 88.3 Å². The summed E-state index contributed by atoms with van der Waals surface area (Å²) < 4.78 is 15.1. The van der Waals surface area contributed by atoms with Gasteiger partial charge in [-0.3, -0.25) is 4.57 Å². The number of ether oxygens (including phenoxy) is 1. The maximum absolute atomic E-state index is 6.58. The van der Waals surface area contributed by atoms with Crippen molar-refractivity contribution in [2.75, 3.05) is 7.05 Å². The summed E-state index contributed by atoms with van der Waals surface area (Å²) in [4.78, 5) is 9.92. The molecular formula is C50H42N4O2. The molecule has 1 atom stereocenters. The van der Waals surface area contributed by atoms with Gasteiger partial charge in [0.05, 0.1) is 11.0 Å². The molecule has 0 radical (unpaired) electrons. The lowest BCUT2D eigenvalue weighted by Crippen LogP contribution is -2.20. The standard InChI is InChI=1S/C50H42N4O2/c1-50(2,3)36-27-28-52-46(30-36)54-44-24-12-11-21-41(44)42-26-25-38(31-45(42)54)56-37-20-13-19-35(29-37)43-32-55-49(53-43)48(51-4)47-39(33-15-7-5-8-16-33)22-14-23-40(47)34-17-9-6-10-18-34/h5-32,48,51H,1-4H3. The van der Waals surface area contributed by atoms with Gasteiger partial charge in [0.25, 0.3) is 0 Å². The van der Waals surface area contributed by atoms with E-state index in [4.69, 9.17) is 19.1 Å². The van der Waals surface area contributed by atoms with E-state index in [1.807, 2.05) is 55.7 Å². The second-order valence-corrected chi connectivity index (χ2v) is 15.1. The van der Waals surface area contributed by atoms with Gasteiger partial charge in [0.2, 0.25) is 5.89 Å². The van der Waals surface area contributed by atoms with Crippen LogP contribution < -0.4 is 10.1 Å². The molecule has 274 valence electrons. The molecule has 0 aliphatic heterocycles. The molecule has 1 N–H and O–H groups in total. The first-order valence-corrected chi connectivity index (χ1v) is 19.0. The average molecular weight is 731 g/mol. The Morgan fingerprint density at radius 2 is 1.27 bits per heavy atom. The molecule has 0 bridgehead atoms. The van der Waals surface area contributed by atoms with Crippen molar-refractivity contribution in [3.63, 3.8) is 0 Å². The van der Waals surface area contributed by atoms with E-state index in [-0.39, 0.29) is 11.5 Å². The van der Waals surface area contributed by atoms with Crippen LogP contribution in [0, 0.1) is 0 Å². The minimum Gasteiger partial charge on any atom is -0.457 e. The highest BCUT2D eigenvalue weighted by molar-refractivity contribution is 6.09. The smallest absolute Gasteiger partial charge is 0.216 e. The summed E-state index contributed by atoms with van der Waals surface area (Å²) in [5.41, 5.74) is 10.6. The highest BCUT2D eigenvalue weighted by Gasteiger charge is 2.26. The SMILES string of the molecule is CNC(c1nc(-c2cccc(Oc3ccc4c5ccccc5n(-c5cc(C(C)(C)C)ccn5)c4c3)c2)co1)c1c(-c2ccccc2)cccc1-c1ccccc1. The lowest BCUT2D eigenvalue weighted by atomic mass is 9.87. The third kappa shape index (κ3) is 6.54. The Bertz CT molecular complexity index is 2760. The first kappa shape index (κ1) is 35.0. The molecule has 56 heavy (non-hydrogen) atoms. The third-order valence-electron chi connectivity index (χ3n) is 10.5. The van der Waals surface area contributed by atoms with E-state index in [0.717, 1.165) is 67.1 Å².